The zero-order valence-electron chi connectivity index (χ0n) is 25.6. The maximum absolute atomic E-state index is 6.56. The predicted molar refractivity (Wildman–Crippen MR) is 200 cm³/mol. The number of benzene rings is 7. The molecular formula is C43H26N2O2S. The van der Waals surface area contributed by atoms with E-state index in [1.807, 2.05) is 59.9 Å². The van der Waals surface area contributed by atoms with Crippen molar-refractivity contribution < 1.29 is 8.83 Å². The van der Waals surface area contributed by atoms with Crippen LogP contribution in [0.15, 0.2) is 167 Å². The Morgan fingerprint density at radius 2 is 1.19 bits per heavy atom. The minimum Gasteiger partial charge on any atom is -0.456 e. The van der Waals surface area contributed by atoms with Gasteiger partial charge in [0, 0.05) is 48.1 Å². The molecule has 0 unspecified atom stereocenters. The Morgan fingerprint density at radius 3 is 2.02 bits per heavy atom. The van der Waals surface area contributed by atoms with E-state index in [0.717, 1.165) is 66.8 Å². The van der Waals surface area contributed by atoms with E-state index >= 15 is 0 Å². The van der Waals surface area contributed by atoms with Gasteiger partial charge in [0.25, 0.3) is 0 Å². The molecule has 0 radical (unpaired) electrons. The van der Waals surface area contributed by atoms with E-state index in [-0.39, 0.29) is 0 Å². The van der Waals surface area contributed by atoms with E-state index in [2.05, 4.69) is 114 Å². The maximum atomic E-state index is 6.56. The minimum absolute atomic E-state index is 0.590. The van der Waals surface area contributed by atoms with Crippen molar-refractivity contribution in [2.24, 2.45) is 0 Å². The van der Waals surface area contributed by atoms with Gasteiger partial charge in [0.2, 0.25) is 5.89 Å². The molecule has 10 aromatic rings. The van der Waals surface area contributed by atoms with Gasteiger partial charge < -0.3 is 13.7 Å². The quantitative estimate of drug-likeness (QED) is 0.189. The summed E-state index contributed by atoms with van der Waals surface area (Å²) in [5.74, 6) is 0.590. The average Bonchev–Trinajstić information content (AvgIpc) is 3.86. The molecule has 48 heavy (non-hydrogen) atoms. The van der Waals surface area contributed by atoms with Crippen molar-refractivity contribution in [2.45, 2.75) is 0 Å². The molecule has 0 aliphatic heterocycles. The van der Waals surface area contributed by atoms with E-state index in [0.29, 0.717) is 5.89 Å². The number of hydrogen-bond acceptors (Lipinski definition) is 5. The molecule has 0 aliphatic rings. The van der Waals surface area contributed by atoms with Crippen LogP contribution in [-0.4, -0.2) is 4.98 Å². The Hall–Kier alpha value is -6.17. The van der Waals surface area contributed by atoms with Gasteiger partial charge in [-0.1, -0.05) is 91.0 Å². The first-order valence-corrected chi connectivity index (χ1v) is 16.8. The van der Waals surface area contributed by atoms with Gasteiger partial charge in [-0.3, -0.25) is 0 Å². The highest BCUT2D eigenvalue weighted by atomic mass is 32.1. The van der Waals surface area contributed by atoms with Gasteiger partial charge in [-0.2, -0.15) is 0 Å². The number of fused-ring (bicyclic) bond motifs is 8. The molecule has 7 aromatic carbocycles. The standard InChI is InChI=1S/C43H26N2O2S/c1-3-12-28(13-4-1)43-44-41-33(26-36-40(42(41)47-43)31-16-7-9-19-35(31)46-36)27-22-24-30(25-23-27)45(29-14-5-2-6-15-29)34-18-11-21-38-39(34)32-17-8-10-20-37(32)48-38/h1-26H. The number of rotatable bonds is 5. The SMILES string of the molecule is c1ccc(-c2nc3c(-c4ccc(N(c5ccccc5)c5cccc6sc7ccccc7c56)cc4)cc4oc5ccccc5c4c3o2)cc1. The number of para-hydroxylation sites is 2. The van der Waals surface area contributed by atoms with Crippen LogP contribution in [0.4, 0.5) is 17.1 Å². The lowest BCUT2D eigenvalue weighted by Gasteiger charge is -2.26. The van der Waals surface area contributed by atoms with Crippen LogP contribution in [0, 0.1) is 0 Å². The van der Waals surface area contributed by atoms with Crippen LogP contribution in [0.25, 0.3) is 75.8 Å². The van der Waals surface area contributed by atoms with Gasteiger partial charge in [0.1, 0.15) is 16.7 Å². The molecule has 10 rings (SSSR count). The lowest BCUT2D eigenvalue weighted by molar-refractivity contribution is 0.622. The second-order valence-electron chi connectivity index (χ2n) is 11.9. The fourth-order valence-corrected chi connectivity index (χ4v) is 8.06. The molecule has 3 heterocycles. The van der Waals surface area contributed by atoms with Gasteiger partial charge in [-0.05, 0) is 72.3 Å². The molecular weight excluding hydrogens is 609 g/mol. The van der Waals surface area contributed by atoms with Gasteiger partial charge >= 0.3 is 0 Å². The molecule has 4 nitrogen and oxygen atoms in total. The molecule has 0 spiro atoms. The zero-order chi connectivity index (χ0) is 31.6. The number of thiophene rings is 1. The molecule has 0 saturated heterocycles. The fourth-order valence-electron chi connectivity index (χ4n) is 6.93. The highest BCUT2D eigenvalue weighted by Gasteiger charge is 2.22. The second kappa shape index (κ2) is 10.7. The average molecular weight is 635 g/mol. The number of anilines is 3. The normalized spacial score (nSPS) is 11.8. The van der Waals surface area contributed by atoms with Crippen molar-refractivity contribution in [3.63, 3.8) is 0 Å². The number of aromatic nitrogens is 1. The summed E-state index contributed by atoms with van der Waals surface area (Å²) in [6.07, 6.45) is 0. The summed E-state index contributed by atoms with van der Waals surface area (Å²) < 4.78 is 15.5. The van der Waals surface area contributed by atoms with E-state index in [1.54, 1.807) is 0 Å². The summed E-state index contributed by atoms with van der Waals surface area (Å²) in [6.45, 7) is 0. The first-order valence-electron chi connectivity index (χ1n) is 16.0. The van der Waals surface area contributed by atoms with E-state index in [1.165, 1.54) is 20.2 Å². The third-order valence-corrected chi connectivity index (χ3v) is 10.2. The van der Waals surface area contributed by atoms with Crippen molar-refractivity contribution in [2.75, 3.05) is 4.90 Å². The highest BCUT2D eigenvalue weighted by molar-refractivity contribution is 7.26. The topological polar surface area (TPSA) is 42.4 Å². The molecule has 0 bridgehead atoms. The third-order valence-electron chi connectivity index (χ3n) is 9.10. The van der Waals surface area contributed by atoms with Crippen LogP contribution in [0.2, 0.25) is 0 Å². The Kier molecular flexibility index (Phi) is 6.01. The van der Waals surface area contributed by atoms with Crippen molar-refractivity contribution >= 4 is 81.6 Å². The lowest BCUT2D eigenvalue weighted by atomic mass is 10.0. The van der Waals surface area contributed by atoms with Crippen LogP contribution < -0.4 is 4.90 Å². The summed E-state index contributed by atoms with van der Waals surface area (Å²) in [6, 6.07) is 54.9. The van der Waals surface area contributed by atoms with Gasteiger partial charge in [0.05, 0.1) is 11.1 Å². The number of oxazole rings is 1. The van der Waals surface area contributed by atoms with Gasteiger partial charge in [-0.25, -0.2) is 4.98 Å². The molecule has 0 N–H and O–H groups in total. The Morgan fingerprint density at radius 1 is 0.500 bits per heavy atom. The van der Waals surface area contributed by atoms with Gasteiger partial charge in [0.15, 0.2) is 5.58 Å². The summed E-state index contributed by atoms with van der Waals surface area (Å²) in [4.78, 5) is 7.44. The molecule has 0 aliphatic carbocycles. The molecule has 0 amide bonds. The van der Waals surface area contributed by atoms with Crippen molar-refractivity contribution in [1.82, 2.24) is 4.98 Å². The van der Waals surface area contributed by atoms with Crippen molar-refractivity contribution in [1.29, 1.82) is 0 Å². The highest BCUT2D eigenvalue weighted by Crippen LogP contribution is 2.46. The Bertz CT molecular complexity index is 2780. The van der Waals surface area contributed by atoms with Crippen LogP contribution in [-0.2, 0) is 0 Å². The minimum atomic E-state index is 0.590. The summed E-state index contributed by atoms with van der Waals surface area (Å²) >= 11 is 1.84. The van der Waals surface area contributed by atoms with E-state index < -0.39 is 0 Å². The van der Waals surface area contributed by atoms with Gasteiger partial charge in [-0.15, -0.1) is 11.3 Å². The van der Waals surface area contributed by atoms with Crippen LogP contribution in [0.1, 0.15) is 0 Å². The molecule has 5 heteroatoms. The third kappa shape index (κ3) is 4.18. The second-order valence-corrected chi connectivity index (χ2v) is 13.0. The lowest BCUT2D eigenvalue weighted by Crippen LogP contribution is -2.10. The first kappa shape index (κ1) is 27.0. The summed E-state index contributed by atoms with van der Waals surface area (Å²) in [5, 5.41) is 4.50. The first-order chi connectivity index (χ1) is 23.8. The Labute approximate surface area is 279 Å². The van der Waals surface area contributed by atoms with Crippen LogP contribution >= 0.6 is 11.3 Å². The van der Waals surface area contributed by atoms with Crippen molar-refractivity contribution in [3.8, 4) is 22.6 Å². The Balaban J connectivity index is 1.17. The molecule has 0 fully saturated rings. The monoisotopic (exact) mass is 634 g/mol. The van der Waals surface area contributed by atoms with Crippen LogP contribution in [0.5, 0.6) is 0 Å². The molecule has 0 saturated carbocycles. The summed E-state index contributed by atoms with van der Waals surface area (Å²) in [7, 11) is 0. The van der Waals surface area contributed by atoms with E-state index in [9.17, 15) is 0 Å². The van der Waals surface area contributed by atoms with Crippen LogP contribution in [0.3, 0.4) is 0 Å². The number of nitrogens with zero attached hydrogens (tertiary/aromatic N) is 2. The fraction of sp³-hybridized carbons (Fsp3) is 0. The zero-order valence-corrected chi connectivity index (χ0v) is 26.4. The molecule has 226 valence electrons. The van der Waals surface area contributed by atoms with E-state index in [4.69, 9.17) is 13.8 Å². The number of hydrogen-bond donors (Lipinski definition) is 0. The van der Waals surface area contributed by atoms with Crippen molar-refractivity contribution in [3.05, 3.63) is 158 Å². The number of furan rings is 1. The maximum Gasteiger partial charge on any atom is 0.227 e. The predicted octanol–water partition coefficient (Wildman–Crippen LogP) is 12.9. The largest absolute Gasteiger partial charge is 0.456 e. The molecule has 0 atom stereocenters. The smallest absolute Gasteiger partial charge is 0.227 e. The summed E-state index contributed by atoms with van der Waals surface area (Å²) in [5.41, 5.74) is 9.41. The molecule has 3 aromatic heterocycles.